The van der Waals surface area contributed by atoms with E-state index in [1.54, 1.807) is 58.9 Å². The number of ketones is 1. The number of nitrogens with zero attached hydrogens (tertiary/aromatic N) is 1. The summed E-state index contributed by atoms with van der Waals surface area (Å²) in [5.74, 6) is -2.38. The molecule has 1 unspecified atom stereocenters. The van der Waals surface area contributed by atoms with Crippen LogP contribution in [0.1, 0.15) is 40.2 Å². The van der Waals surface area contributed by atoms with Gasteiger partial charge in [0.1, 0.15) is 6.04 Å². The van der Waals surface area contributed by atoms with E-state index in [1.165, 1.54) is 4.90 Å². The third-order valence-electron chi connectivity index (χ3n) is 6.17. The summed E-state index contributed by atoms with van der Waals surface area (Å²) in [6.45, 7) is 8.73. The van der Waals surface area contributed by atoms with Gasteiger partial charge in [-0.05, 0) is 40.7 Å². The molecule has 2 bridgehead atoms. The fourth-order valence-electron chi connectivity index (χ4n) is 4.26. The lowest BCUT2D eigenvalue weighted by atomic mass is 9.73. The maximum atomic E-state index is 13.6. The zero-order valence-corrected chi connectivity index (χ0v) is 16.1. The number of rotatable bonds is 3. The van der Waals surface area contributed by atoms with Gasteiger partial charge in [-0.1, -0.05) is 18.2 Å². The minimum Gasteiger partial charge on any atom is -0.464 e. The molecular weight excluding hydrogens is 350 g/mol. The maximum absolute atomic E-state index is 13.6. The fraction of sp³-hybridized carbons (Fsp3) is 0.550. The van der Waals surface area contributed by atoms with E-state index in [2.05, 4.69) is 0 Å². The van der Waals surface area contributed by atoms with Crippen LogP contribution in [0.4, 0.5) is 5.69 Å². The predicted molar refractivity (Wildman–Crippen MR) is 94.9 cm³/mol. The fourth-order valence-corrected chi connectivity index (χ4v) is 4.26. The topological polar surface area (TPSA) is 82.1 Å². The van der Waals surface area contributed by atoms with Crippen LogP contribution in [0.2, 0.25) is 0 Å². The van der Waals surface area contributed by atoms with Gasteiger partial charge in [-0.15, -0.1) is 0 Å². The van der Waals surface area contributed by atoms with E-state index >= 15 is 0 Å². The quantitative estimate of drug-likeness (QED) is 0.753. The van der Waals surface area contributed by atoms with Crippen LogP contribution in [0.15, 0.2) is 24.3 Å². The van der Waals surface area contributed by atoms with Gasteiger partial charge in [-0.25, -0.2) is 4.79 Å². The second-order valence-corrected chi connectivity index (χ2v) is 7.89. The average molecular weight is 373 g/mol. The lowest BCUT2D eigenvalue weighted by Crippen LogP contribution is -2.59. The first-order valence-corrected chi connectivity index (χ1v) is 9.14. The van der Waals surface area contributed by atoms with Gasteiger partial charge in [-0.3, -0.25) is 14.5 Å². The van der Waals surface area contributed by atoms with Crippen molar-refractivity contribution in [3.63, 3.8) is 0 Å². The molecule has 3 aliphatic rings. The third-order valence-corrected chi connectivity index (χ3v) is 6.17. The molecule has 0 aliphatic carbocycles. The Morgan fingerprint density at radius 2 is 1.93 bits per heavy atom. The average Bonchev–Trinajstić information content (AvgIpc) is 3.14. The normalized spacial score (nSPS) is 34.3. The molecule has 1 amide bonds. The van der Waals surface area contributed by atoms with Crippen molar-refractivity contribution in [1.82, 2.24) is 0 Å². The van der Waals surface area contributed by atoms with Crippen molar-refractivity contribution in [1.29, 1.82) is 0 Å². The third kappa shape index (κ3) is 1.96. The molecule has 2 saturated heterocycles. The Labute approximate surface area is 157 Å². The second kappa shape index (κ2) is 5.39. The Morgan fingerprint density at radius 3 is 2.52 bits per heavy atom. The molecule has 0 N–H and O–H groups in total. The van der Waals surface area contributed by atoms with E-state index in [0.717, 1.165) is 0 Å². The molecular formula is C20H23NO6. The molecule has 3 aliphatic heterocycles. The van der Waals surface area contributed by atoms with Gasteiger partial charge in [0.05, 0.1) is 17.7 Å². The van der Waals surface area contributed by atoms with Crippen LogP contribution >= 0.6 is 0 Å². The highest BCUT2D eigenvalue weighted by molar-refractivity contribution is 6.14. The number of ether oxygens (including phenoxy) is 3. The monoisotopic (exact) mass is 373 g/mol. The largest absolute Gasteiger partial charge is 0.464 e. The smallest absolute Gasteiger partial charge is 0.328 e. The molecule has 4 atom stereocenters. The Hall–Kier alpha value is -2.25. The number of anilines is 1. The van der Waals surface area contributed by atoms with Crippen molar-refractivity contribution in [2.45, 2.75) is 58.2 Å². The Morgan fingerprint density at radius 1 is 1.26 bits per heavy atom. The van der Waals surface area contributed by atoms with Gasteiger partial charge in [0.15, 0.2) is 17.7 Å². The van der Waals surface area contributed by atoms with Crippen molar-refractivity contribution >= 4 is 23.3 Å². The number of fused-ring (bicyclic) bond motifs is 5. The number of para-hydroxylation sites is 1. The standard InChI is InChI=1S/C20H23NO6/c1-6-25-16(23)11(2)21-13-10-8-7-9-12(13)20(17(21)24)15-14(22)18(3,4)19(5,26-15)27-20/h7-11,15H,6H2,1-5H3/t11?,15-,19-,20-/m1/s1. The number of hydrogen-bond acceptors (Lipinski definition) is 6. The van der Waals surface area contributed by atoms with E-state index in [-0.39, 0.29) is 12.4 Å². The van der Waals surface area contributed by atoms with Crippen LogP contribution in [0.3, 0.4) is 0 Å². The number of Topliss-reactive ketones (excluding diaryl/α,β-unsaturated/α-hetero) is 1. The van der Waals surface area contributed by atoms with Crippen molar-refractivity contribution < 1.29 is 28.6 Å². The van der Waals surface area contributed by atoms with Gasteiger partial charge in [0.2, 0.25) is 5.60 Å². The second-order valence-electron chi connectivity index (χ2n) is 7.89. The van der Waals surface area contributed by atoms with Crippen LogP contribution in [0.5, 0.6) is 0 Å². The first kappa shape index (κ1) is 18.1. The van der Waals surface area contributed by atoms with Crippen LogP contribution in [-0.2, 0) is 34.2 Å². The van der Waals surface area contributed by atoms with Crippen molar-refractivity contribution in [2.24, 2.45) is 5.41 Å². The first-order valence-electron chi connectivity index (χ1n) is 9.14. The summed E-state index contributed by atoms with van der Waals surface area (Å²) >= 11 is 0. The molecule has 4 rings (SSSR count). The van der Waals surface area contributed by atoms with Crippen molar-refractivity contribution in [2.75, 3.05) is 11.5 Å². The van der Waals surface area contributed by atoms with Crippen LogP contribution in [0, 0.1) is 5.41 Å². The highest BCUT2D eigenvalue weighted by Gasteiger charge is 2.78. The summed E-state index contributed by atoms with van der Waals surface area (Å²) < 4.78 is 17.3. The number of benzene rings is 1. The Kier molecular flexibility index (Phi) is 3.62. The molecule has 1 aromatic carbocycles. The van der Waals surface area contributed by atoms with E-state index in [0.29, 0.717) is 11.3 Å². The van der Waals surface area contributed by atoms with Crippen molar-refractivity contribution in [3.8, 4) is 0 Å². The molecule has 1 aromatic rings. The van der Waals surface area contributed by atoms with Gasteiger partial charge in [0, 0.05) is 5.56 Å². The van der Waals surface area contributed by atoms with E-state index in [1.807, 2.05) is 0 Å². The molecule has 3 heterocycles. The summed E-state index contributed by atoms with van der Waals surface area (Å²) in [6, 6.07) is 6.19. The minimum absolute atomic E-state index is 0.176. The summed E-state index contributed by atoms with van der Waals surface area (Å²) in [4.78, 5) is 40.3. The van der Waals surface area contributed by atoms with Crippen LogP contribution < -0.4 is 4.90 Å². The summed E-state index contributed by atoms with van der Waals surface area (Å²) in [6.07, 6.45) is -1.05. The van der Waals surface area contributed by atoms with Gasteiger partial charge >= 0.3 is 5.97 Å². The summed E-state index contributed by atoms with van der Waals surface area (Å²) in [5.41, 5.74) is -1.37. The number of carbonyl (C=O) groups excluding carboxylic acids is 3. The SMILES string of the molecule is CCOC(=O)C(C)N1C(=O)[C@@]2(O[C@@]3(C)O[C@@H]2C(=O)C3(C)C)c2ccccc21. The lowest BCUT2D eigenvalue weighted by molar-refractivity contribution is -0.222. The number of hydrogen-bond donors (Lipinski definition) is 0. The van der Waals surface area contributed by atoms with Crippen LogP contribution in [0.25, 0.3) is 0 Å². The van der Waals surface area contributed by atoms with Crippen LogP contribution in [-0.4, -0.2) is 42.2 Å². The zero-order chi connectivity index (χ0) is 19.8. The maximum Gasteiger partial charge on any atom is 0.328 e. The Balaban J connectivity index is 1.85. The highest BCUT2D eigenvalue weighted by Crippen LogP contribution is 2.62. The van der Waals surface area contributed by atoms with E-state index in [4.69, 9.17) is 14.2 Å². The highest BCUT2D eigenvalue weighted by atomic mass is 16.8. The molecule has 0 aromatic heterocycles. The zero-order valence-electron chi connectivity index (χ0n) is 16.1. The Bertz CT molecular complexity index is 864. The number of amides is 1. The van der Waals surface area contributed by atoms with Gasteiger partial charge in [-0.2, -0.15) is 0 Å². The molecule has 7 heteroatoms. The molecule has 2 fully saturated rings. The predicted octanol–water partition coefficient (Wildman–Crippen LogP) is 1.92. The molecule has 7 nitrogen and oxygen atoms in total. The molecule has 0 radical (unpaired) electrons. The lowest BCUT2D eigenvalue weighted by Gasteiger charge is -2.40. The molecule has 144 valence electrons. The first-order chi connectivity index (χ1) is 12.6. The summed E-state index contributed by atoms with van der Waals surface area (Å²) in [7, 11) is 0. The summed E-state index contributed by atoms with van der Waals surface area (Å²) in [5, 5.41) is 0. The molecule has 0 saturated carbocycles. The number of carbonyl (C=O) groups is 3. The molecule has 27 heavy (non-hydrogen) atoms. The van der Waals surface area contributed by atoms with E-state index < -0.39 is 40.8 Å². The van der Waals surface area contributed by atoms with Gasteiger partial charge in [0.25, 0.3) is 5.91 Å². The number of esters is 1. The van der Waals surface area contributed by atoms with Crippen molar-refractivity contribution in [3.05, 3.63) is 29.8 Å². The minimum atomic E-state index is -1.57. The molecule has 1 spiro atoms. The van der Waals surface area contributed by atoms with E-state index in [9.17, 15) is 14.4 Å². The van der Waals surface area contributed by atoms with Gasteiger partial charge < -0.3 is 14.2 Å².